The second kappa shape index (κ2) is 11.6. The van der Waals surface area contributed by atoms with Crippen LogP contribution >= 0.6 is 0 Å². The summed E-state index contributed by atoms with van der Waals surface area (Å²) in [4.78, 5) is 0. The summed E-state index contributed by atoms with van der Waals surface area (Å²) >= 11 is 0. The second-order valence-electron chi connectivity index (χ2n) is 10.4. The van der Waals surface area contributed by atoms with E-state index in [2.05, 4.69) is 26.2 Å². The van der Waals surface area contributed by atoms with Gasteiger partial charge >= 0.3 is 0 Å². The third-order valence-electron chi connectivity index (χ3n) is 6.64. The van der Waals surface area contributed by atoms with Crippen LogP contribution in [0.2, 0.25) is 38.3 Å². The van der Waals surface area contributed by atoms with Crippen molar-refractivity contribution in [3.05, 3.63) is 34.4 Å². The monoisotopic (exact) mass is 522 g/mol. The summed E-state index contributed by atoms with van der Waals surface area (Å²) in [7, 11) is -0.847. The number of methoxy groups -OCH3 is 2. The summed E-state index contributed by atoms with van der Waals surface area (Å²) < 4.78 is 17.2. The maximum absolute atomic E-state index is 10.2. The van der Waals surface area contributed by atoms with Gasteiger partial charge in [0, 0.05) is 0 Å². The lowest BCUT2D eigenvalue weighted by atomic mass is 10.0. The van der Waals surface area contributed by atoms with E-state index in [9.17, 15) is 20.4 Å². The van der Waals surface area contributed by atoms with Crippen LogP contribution in [0.25, 0.3) is 0 Å². The first-order valence-electron chi connectivity index (χ1n) is 12.1. The Morgan fingerprint density at radius 2 is 0.971 bits per heavy atom. The molecular formula is C26H42O7Si2. The SMILES string of the molecule is COc1cc(CCC[Si](C)(C)O[Si](C)(C)CCCc2cc(OC)c(O)c(O)c2C)c(C)c(O)c1O. The summed E-state index contributed by atoms with van der Waals surface area (Å²) in [6.45, 7) is 12.7. The highest BCUT2D eigenvalue weighted by molar-refractivity contribution is 6.84. The quantitative estimate of drug-likeness (QED) is 0.196. The third-order valence-corrected chi connectivity index (χ3v) is 14.2. The summed E-state index contributed by atoms with van der Waals surface area (Å²) in [6.07, 6.45) is 3.43. The van der Waals surface area contributed by atoms with Gasteiger partial charge in [0.25, 0.3) is 0 Å². The van der Waals surface area contributed by atoms with Gasteiger partial charge in [0.05, 0.1) is 14.2 Å². The lowest BCUT2D eigenvalue weighted by Crippen LogP contribution is -2.44. The van der Waals surface area contributed by atoms with Crippen LogP contribution < -0.4 is 9.47 Å². The average molecular weight is 523 g/mol. The maximum Gasteiger partial charge on any atom is 0.200 e. The molecule has 2 rings (SSSR count). The van der Waals surface area contributed by atoms with Gasteiger partial charge < -0.3 is 34.0 Å². The van der Waals surface area contributed by atoms with Crippen LogP contribution in [0.3, 0.4) is 0 Å². The van der Waals surface area contributed by atoms with Crippen LogP contribution in [-0.2, 0) is 17.0 Å². The fourth-order valence-corrected chi connectivity index (χ4v) is 13.5. The number of aryl methyl sites for hydroxylation is 2. The van der Waals surface area contributed by atoms with E-state index in [0.717, 1.165) is 48.9 Å². The molecule has 0 aliphatic heterocycles. The van der Waals surface area contributed by atoms with Crippen molar-refractivity contribution in [3.63, 3.8) is 0 Å². The molecule has 7 nitrogen and oxygen atoms in total. The highest BCUT2D eigenvalue weighted by Crippen LogP contribution is 2.41. The van der Waals surface area contributed by atoms with Gasteiger partial charge in [-0.15, -0.1) is 0 Å². The lowest BCUT2D eigenvalue weighted by molar-refractivity contribution is 0.349. The van der Waals surface area contributed by atoms with Gasteiger partial charge in [0.2, 0.25) is 11.5 Å². The molecule has 0 amide bonds. The molecule has 35 heavy (non-hydrogen) atoms. The lowest BCUT2D eigenvalue weighted by Gasteiger charge is -2.34. The van der Waals surface area contributed by atoms with Crippen molar-refractivity contribution in [2.45, 2.75) is 77.8 Å². The molecule has 2 aromatic carbocycles. The number of rotatable bonds is 12. The molecule has 0 fully saturated rings. The van der Waals surface area contributed by atoms with Crippen LogP contribution in [0.5, 0.6) is 34.5 Å². The molecule has 0 spiro atoms. The fourth-order valence-electron chi connectivity index (χ4n) is 4.65. The third kappa shape index (κ3) is 7.31. The number of ether oxygens (including phenoxy) is 2. The number of phenols is 4. The van der Waals surface area contributed by atoms with E-state index < -0.39 is 16.6 Å². The minimum atomic E-state index is -1.90. The molecule has 0 bridgehead atoms. The minimum Gasteiger partial charge on any atom is -0.504 e. The van der Waals surface area contributed by atoms with E-state index in [4.69, 9.17) is 13.6 Å². The molecule has 0 aliphatic carbocycles. The highest BCUT2D eigenvalue weighted by Gasteiger charge is 2.32. The largest absolute Gasteiger partial charge is 0.504 e. The average Bonchev–Trinajstić information content (AvgIpc) is 2.78. The zero-order chi connectivity index (χ0) is 26.6. The molecule has 0 saturated carbocycles. The van der Waals surface area contributed by atoms with Gasteiger partial charge in [-0.25, -0.2) is 0 Å². The molecule has 4 N–H and O–H groups in total. The van der Waals surface area contributed by atoms with Crippen LogP contribution in [0.4, 0.5) is 0 Å². The Morgan fingerprint density at radius 3 is 1.29 bits per heavy atom. The number of benzene rings is 2. The van der Waals surface area contributed by atoms with Gasteiger partial charge in [-0.3, -0.25) is 0 Å². The van der Waals surface area contributed by atoms with Crippen LogP contribution in [0.1, 0.15) is 35.1 Å². The standard InChI is InChI=1S/C26H42O7Si2/c1-17-19(15-21(31-3)25(29)23(17)27)11-9-13-34(5,6)33-35(7,8)14-10-12-20-16-22(32-4)26(30)24(28)18(20)2/h15-16,27-30H,9-14H2,1-8H3. The first-order valence-corrected chi connectivity index (χ1v) is 18.3. The number of hydrogen-bond donors (Lipinski definition) is 4. The molecular weight excluding hydrogens is 480 g/mol. The predicted octanol–water partition coefficient (Wildman–Crippen LogP) is 6.14. The van der Waals surface area contributed by atoms with Crippen molar-refractivity contribution < 1.29 is 34.0 Å². The van der Waals surface area contributed by atoms with E-state index in [0.29, 0.717) is 22.6 Å². The molecule has 2 aromatic rings. The first kappa shape index (κ1) is 28.9. The van der Waals surface area contributed by atoms with Crippen LogP contribution in [0, 0.1) is 13.8 Å². The number of phenolic OH excluding ortho intramolecular Hbond substituents is 4. The van der Waals surface area contributed by atoms with E-state index in [1.54, 1.807) is 12.1 Å². The molecule has 9 heteroatoms. The number of aromatic hydroxyl groups is 4. The molecule has 0 radical (unpaired) electrons. The van der Waals surface area contributed by atoms with Gasteiger partial charge in [0.15, 0.2) is 39.6 Å². The Morgan fingerprint density at radius 1 is 0.629 bits per heavy atom. The summed E-state index contributed by atoms with van der Waals surface area (Å²) in [5, 5.41) is 40.3. The first-order chi connectivity index (χ1) is 16.2. The fraction of sp³-hybridized carbons (Fsp3) is 0.538. The van der Waals surface area contributed by atoms with Gasteiger partial charge in [-0.2, -0.15) is 0 Å². The summed E-state index contributed by atoms with van der Waals surface area (Å²) in [5.74, 6) is -0.0734. The molecule has 0 saturated heterocycles. The minimum absolute atomic E-state index is 0.115. The molecule has 0 unspecified atom stereocenters. The smallest absolute Gasteiger partial charge is 0.200 e. The Balaban J connectivity index is 1.94. The Labute approximate surface area is 211 Å². The van der Waals surface area contributed by atoms with Crippen molar-refractivity contribution in [3.8, 4) is 34.5 Å². The molecule has 196 valence electrons. The molecule has 0 aromatic heterocycles. The second-order valence-corrected chi connectivity index (χ2v) is 19.3. The maximum atomic E-state index is 10.2. The van der Waals surface area contributed by atoms with Crippen molar-refractivity contribution in [1.82, 2.24) is 0 Å². The van der Waals surface area contributed by atoms with Gasteiger partial charge in [-0.1, -0.05) is 0 Å². The van der Waals surface area contributed by atoms with Gasteiger partial charge in [0.1, 0.15) is 0 Å². The molecule has 0 aliphatic rings. The van der Waals surface area contributed by atoms with E-state index in [-0.39, 0.29) is 23.0 Å². The zero-order valence-electron chi connectivity index (χ0n) is 22.4. The number of hydrogen-bond acceptors (Lipinski definition) is 7. The van der Waals surface area contributed by atoms with Crippen LogP contribution in [0.15, 0.2) is 12.1 Å². The highest BCUT2D eigenvalue weighted by atomic mass is 28.4. The summed E-state index contributed by atoms with van der Waals surface area (Å²) in [5.41, 5.74) is 3.32. The van der Waals surface area contributed by atoms with Crippen LogP contribution in [-0.4, -0.2) is 51.3 Å². The zero-order valence-corrected chi connectivity index (χ0v) is 24.4. The van der Waals surface area contributed by atoms with Crippen molar-refractivity contribution in [2.24, 2.45) is 0 Å². The van der Waals surface area contributed by atoms with Crippen molar-refractivity contribution in [2.75, 3.05) is 14.2 Å². The van der Waals surface area contributed by atoms with E-state index >= 15 is 0 Å². The van der Waals surface area contributed by atoms with Crippen molar-refractivity contribution in [1.29, 1.82) is 0 Å². The predicted molar refractivity (Wildman–Crippen MR) is 144 cm³/mol. The Bertz CT molecular complexity index is 954. The normalized spacial score (nSPS) is 12.1. The summed E-state index contributed by atoms with van der Waals surface area (Å²) in [6, 6.07) is 5.59. The van der Waals surface area contributed by atoms with Gasteiger partial charge in [-0.05, 0) is 112 Å². The van der Waals surface area contributed by atoms with E-state index in [1.165, 1.54) is 14.2 Å². The Hall–Kier alpha value is -2.37. The Kier molecular flexibility index (Phi) is 9.55. The van der Waals surface area contributed by atoms with Crippen molar-refractivity contribution >= 4 is 16.6 Å². The molecule has 0 heterocycles. The molecule has 0 atom stereocenters. The van der Waals surface area contributed by atoms with E-state index in [1.807, 2.05) is 13.8 Å². The topological polar surface area (TPSA) is 109 Å².